The molecular weight excluding hydrogens is 396 g/mol. The predicted octanol–water partition coefficient (Wildman–Crippen LogP) is 6.14. The van der Waals surface area contributed by atoms with Gasteiger partial charge in [0.25, 0.3) is 0 Å². The van der Waals surface area contributed by atoms with Gasteiger partial charge in [0.05, 0.1) is 17.8 Å². The van der Waals surface area contributed by atoms with Crippen LogP contribution in [0.2, 0.25) is 0 Å². The third-order valence-corrected chi connectivity index (χ3v) is 6.35. The number of rotatable bonds is 6. The molecular formula is C27H26N4O. The molecule has 0 fully saturated rings. The van der Waals surface area contributed by atoms with E-state index in [4.69, 9.17) is 0 Å². The van der Waals surface area contributed by atoms with Crippen molar-refractivity contribution >= 4 is 27.5 Å². The first-order valence-corrected chi connectivity index (χ1v) is 11.0. The molecule has 32 heavy (non-hydrogen) atoms. The average Bonchev–Trinajstić information content (AvgIpc) is 3.41. The number of hydrogen-bond acceptors (Lipinski definition) is 3. The summed E-state index contributed by atoms with van der Waals surface area (Å²) >= 11 is 0. The molecule has 2 atom stereocenters. The van der Waals surface area contributed by atoms with E-state index in [1.807, 2.05) is 53.2 Å². The topological polar surface area (TPSA) is 55.9 Å². The molecule has 0 saturated carbocycles. The molecule has 0 aliphatic heterocycles. The second kappa shape index (κ2) is 8.35. The number of benzene rings is 3. The van der Waals surface area contributed by atoms with Crippen molar-refractivity contribution in [3.63, 3.8) is 0 Å². The lowest BCUT2D eigenvalue weighted by Crippen LogP contribution is -2.23. The summed E-state index contributed by atoms with van der Waals surface area (Å²) in [4.78, 5) is 0. The van der Waals surface area contributed by atoms with E-state index in [9.17, 15) is 5.11 Å². The van der Waals surface area contributed by atoms with Crippen LogP contribution in [-0.4, -0.2) is 24.7 Å². The van der Waals surface area contributed by atoms with Gasteiger partial charge in [-0.05, 0) is 35.8 Å². The van der Waals surface area contributed by atoms with Gasteiger partial charge in [0.1, 0.15) is 5.52 Å². The van der Waals surface area contributed by atoms with Crippen LogP contribution in [-0.2, 0) is 7.05 Å². The molecule has 0 saturated heterocycles. The second-order valence-electron chi connectivity index (χ2n) is 8.15. The van der Waals surface area contributed by atoms with Crippen LogP contribution in [0.5, 0.6) is 0 Å². The van der Waals surface area contributed by atoms with Gasteiger partial charge in [-0.1, -0.05) is 72.8 Å². The van der Waals surface area contributed by atoms with E-state index in [0.29, 0.717) is 0 Å². The molecule has 1 N–H and O–H groups in total. The van der Waals surface area contributed by atoms with Crippen LogP contribution in [0, 0.1) is 5.92 Å². The van der Waals surface area contributed by atoms with Crippen LogP contribution >= 0.6 is 0 Å². The Morgan fingerprint density at radius 2 is 1.62 bits per heavy atom. The Kier molecular flexibility index (Phi) is 5.23. The van der Waals surface area contributed by atoms with E-state index < -0.39 is 0 Å². The molecule has 2 unspecified atom stereocenters. The van der Waals surface area contributed by atoms with Crippen molar-refractivity contribution < 1.29 is 5.11 Å². The second-order valence-corrected chi connectivity index (χ2v) is 8.15. The van der Waals surface area contributed by atoms with Crippen molar-refractivity contribution in [1.82, 2.24) is 19.6 Å². The molecule has 2 heterocycles. The van der Waals surface area contributed by atoms with Crippen molar-refractivity contribution in [2.45, 2.75) is 19.4 Å². The Morgan fingerprint density at radius 3 is 2.38 bits per heavy atom. The molecule has 0 aliphatic carbocycles. The lowest BCUT2D eigenvalue weighted by molar-refractivity contribution is 0.402. The first-order chi connectivity index (χ1) is 15.7. The SMILES string of the molecule is CCC(/C(=C\O)c1ccccc1)C(c1cn(C)c2ccccc12)n1nnc2ccccc21. The summed E-state index contributed by atoms with van der Waals surface area (Å²) in [6, 6.07) is 26.4. The summed E-state index contributed by atoms with van der Waals surface area (Å²) in [6.07, 6.45) is 4.28. The Labute approximate surface area is 187 Å². The van der Waals surface area contributed by atoms with Gasteiger partial charge >= 0.3 is 0 Å². The highest BCUT2D eigenvalue weighted by Crippen LogP contribution is 2.42. The predicted molar refractivity (Wildman–Crippen MR) is 129 cm³/mol. The van der Waals surface area contributed by atoms with Crippen LogP contribution < -0.4 is 0 Å². The molecule has 2 aromatic heterocycles. The molecule has 0 aliphatic rings. The van der Waals surface area contributed by atoms with Crippen molar-refractivity contribution in [1.29, 1.82) is 0 Å². The maximum Gasteiger partial charge on any atom is 0.113 e. The summed E-state index contributed by atoms with van der Waals surface area (Å²) in [5.74, 6) is -0.0155. The highest BCUT2D eigenvalue weighted by atomic mass is 16.2. The van der Waals surface area contributed by atoms with Crippen LogP contribution in [0.4, 0.5) is 0 Å². The highest BCUT2D eigenvalue weighted by Gasteiger charge is 2.32. The minimum Gasteiger partial charge on any atom is -0.515 e. The Morgan fingerprint density at radius 1 is 0.938 bits per heavy atom. The largest absolute Gasteiger partial charge is 0.515 e. The Balaban J connectivity index is 1.78. The smallest absolute Gasteiger partial charge is 0.113 e. The van der Waals surface area contributed by atoms with E-state index in [2.05, 4.69) is 65.4 Å². The molecule has 0 amide bonds. The van der Waals surface area contributed by atoms with Crippen molar-refractivity contribution in [3.8, 4) is 0 Å². The summed E-state index contributed by atoms with van der Waals surface area (Å²) in [5, 5.41) is 20.6. The van der Waals surface area contributed by atoms with Gasteiger partial charge in [0, 0.05) is 35.6 Å². The minimum absolute atomic E-state index is 0.0155. The fraction of sp³-hybridized carbons (Fsp3) is 0.185. The summed E-state index contributed by atoms with van der Waals surface area (Å²) in [7, 11) is 2.07. The number of aryl methyl sites for hydroxylation is 1. The standard InChI is InChI=1S/C27H26N4O/c1-3-20(23(18-32)19-11-5-4-6-12-19)27(31-26-16-10-8-14-24(26)28-29-31)22-17-30(2)25-15-9-7-13-21(22)25/h4-18,20,27,32H,3H2,1-2H3/b23-18-. The van der Waals surface area contributed by atoms with Gasteiger partial charge in [0.15, 0.2) is 0 Å². The molecule has 160 valence electrons. The number of hydrogen-bond donors (Lipinski definition) is 1. The average molecular weight is 423 g/mol. The molecule has 3 aromatic carbocycles. The Hall–Kier alpha value is -3.86. The molecule has 5 aromatic rings. The number of allylic oxidation sites excluding steroid dienone is 1. The zero-order chi connectivity index (χ0) is 22.1. The lowest BCUT2D eigenvalue weighted by atomic mass is 9.82. The van der Waals surface area contributed by atoms with Gasteiger partial charge in [0.2, 0.25) is 0 Å². The van der Waals surface area contributed by atoms with E-state index in [1.54, 1.807) is 0 Å². The van der Waals surface area contributed by atoms with E-state index in [0.717, 1.165) is 28.6 Å². The Bertz CT molecular complexity index is 1400. The third kappa shape index (κ3) is 3.26. The van der Waals surface area contributed by atoms with Crippen molar-refractivity contribution in [3.05, 3.63) is 102 Å². The van der Waals surface area contributed by atoms with Crippen LogP contribution in [0.25, 0.3) is 27.5 Å². The first kappa shape index (κ1) is 20.1. The maximum atomic E-state index is 10.4. The monoisotopic (exact) mass is 422 g/mol. The number of para-hydroxylation sites is 2. The quantitative estimate of drug-likeness (QED) is 0.335. The number of nitrogens with zero attached hydrogens (tertiary/aromatic N) is 4. The lowest BCUT2D eigenvalue weighted by Gasteiger charge is -2.29. The first-order valence-electron chi connectivity index (χ1n) is 11.0. The van der Waals surface area contributed by atoms with Gasteiger partial charge < -0.3 is 9.67 Å². The fourth-order valence-corrected chi connectivity index (χ4v) is 4.85. The van der Waals surface area contributed by atoms with Crippen LogP contribution in [0.15, 0.2) is 91.3 Å². The molecule has 5 heteroatoms. The summed E-state index contributed by atoms with van der Waals surface area (Å²) < 4.78 is 4.19. The van der Waals surface area contributed by atoms with Crippen LogP contribution in [0.1, 0.15) is 30.5 Å². The van der Waals surface area contributed by atoms with Crippen molar-refractivity contribution in [2.75, 3.05) is 0 Å². The van der Waals surface area contributed by atoms with Gasteiger partial charge in [-0.2, -0.15) is 0 Å². The number of fused-ring (bicyclic) bond motifs is 2. The highest BCUT2D eigenvalue weighted by molar-refractivity contribution is 5.85. The third-order valence-electron chi connectivity index (χ3n) is 6.35. The normalized spacial score (nSPS) is 14.1. The van der Waals surface area contributed by atoms with Crippen LogP contribution in [0.3, 0.4) is 0 Å². The molecule has 5 nitrogen and oxygen atoms in total. The number of aliphatic hydroxyl groups is 1. The van der Waals surface area contributed by atoms with E-state index >= 15 is 0 Å². The zero-order valence-electron chi connectivity index (χ0n) is 18.3. The summed E-state index contributed by atoms with van der Waals surface area (Å²) in [6.45, 7) is 2.16. The van der Waals surface area contributed by atoms with Gasteiger partial charge in [-0.25, -0.2) is 4.68 Å². The zero-order valence-corrected chi connectivity index (χ0v) is 18.3. The molecule has 0 spiro atoms. The minimum atomic E-state index is -0.142. The van der Waals surface area contributed by atoms with E-state index in [-0.39, 0.29) is 12.0 Å². The molecule has 0 radical (unpaired) electrons. The van der Waals surface area contributed by atoms with E-state index in [1.165, 1.54) is 22.7 Å². The number of aromatic nitrogens is 4. The van der Waals surface area contributed by atoms with Crippen molar-refractivity contribution in [2.24, 2.45) is 13.0 Å². The summed E-state index contributed by atoms with van der Waals surface area (Å²) in [5.41, 5.74) is 6.08. The van der Waals surface area contributed by atoms with Gasteiger partial charge in [-0.15, -0.1) is 5.10 Å². The maximum absolute atomic E-state index is 10.4. The molecule has 0 bridgehead atoms. The fourth-order valence-electron chi connectivity index (χ4n) is 4.85. The molecule has 5 rings (SSSR count). The van der Waals surface area contributed by atoms with Gasteiger partial charge in [-0.3, -0.25) is 0 Å². The number of aliphatic hydroxyl groups excluding tert-OH is 1.